The van der Waals surface area contributed by atoms with Crippen LogP contribution < -0.4 is 0 Å². The van der Waals surface area contributed by atoms with Crippen molar-refractivity contribution in [3.05, 3.63) is 0 Å². The highest BCUT2D eigenvalue weighted by molar-refractivity contribution is 5.71. The molecule has 0 heterocycles. The first-order valence-corrected chi connectivity index (χ1v) is 6.44. The molecule has 0 aromatic heterocycles. The molecule has 1 N–H and O–H groups in total. The Bertz CT molecular complexity index is 210. The molecule has 0 aliphatic heterocycles. The Morgan fingerprint density at radius 1 is 1.00 bits per heavy atom. The van der Waals surface area contributed by atoms with Crippen LogP contribution in [0.4, 0.5) is 0 Å². The molecule has 0 spiro atoms. The lowest BCUT2D eigenvalue weighted by Crippen LogP contribution is -2.26. The highest BCUT2D eigenvalue weighted by Crippen LogP contribution is 2.06. The number of carbonyl (C=O) groups excluding carboxylic acids is 1. The van der Waals surface area contributed by atoms with Crippen molar-refractivity contribution in [3.63, 3.8) is 0 Å². The van der Waals surface area contributed by atoms with E-state index < -0.39 is 5.60 Å². The van der Waals surface area contributed by atoms with E-state index in [0.29, 0.717) is 26.2 Å². The maximum Gasteiger partial charge on any atom is 0.332 e. The van der Waals surface area contributed by atoms with Gasteiger partial charge in [-0.3, -0.25) is 0 Å². The molecule has 0 unspecified atom stereocenters. The van der Waals surface area contributed by atoms with Crippen LogP contribution in [0.5, 0.6) is 0 Å². The van der Waals surface area contributed by atoms with Crippen molar-refractivity contribution in [3.8, 4) is 0 Å². The molecule has 0 rings (SSSR count). The minimum atomic E-state index is -0.457. The van der Waals surface area contributed by atoms with E-state index in [9.17, 15) is 4.79 Å². The monoisotopic (exact) mass is 262 g/mol. The quantitative estimate of drug-likeness (QED) is 0.478. The van der Waals surface area contributed by atoms with Gasteiger partial charge in [-0.15, -0.1) is 0 Å². The van der Waals surface area contributed by atoms with Crippen LogP contribution in [-0.2, 0) is 19.0 Å². The zero-order valence-corrected chi connectivity index (χ0v) is 11.7. The Kier molecular flexibility index (Phi) is 9.92. The Labute approximate surface area is 109 Å². The lowest BCUT2D eigenvalue weighted by Gasteiger charge is -2.19. The number of aliphatic hydroxyl groups excluding tert-OH is 1. The van der Waals surface area contributed by atoms with Crippen molar-refractivity contribution in [1.29, 1.82) is 0 Å². The van der Waals surface area contributed by atoms with Crippen molar-refractivity contribution in [2.75, 3.05) is 33.0 Å². The Morgan fingerprint density at radius 3 is 2.11 bits per heavy atom. The van der Waals surface area contributed by atoms with E-state index in [4.69, 9.17) is 19.3 Å². The normalized spacial score (nSPS) is 11.6. The third kappa shape index (κ3) is 13.4. The number of aliphatic hydroxyl groups is 1. The summed E-state index contributed by atoms with van der Waals surface area (Å²) in [5, 5.41) is 8.53. The van der Waals surface area contributed by atoms with Crippen molar-refractivity contribution < 1.29 is 24.1 Å². The topological polar surface area (TPSA) is 65.0 Å². The SMILES string of the molecule is CC(C)(C)OC(=O)COCCCCOCCCO. The second-order valence-electron chi connectivity index (χ2n) is 5.04. The van der Waals surface area contributed by atoms with Crippen LogP contribution in [0.2, 0.25) is 0 Å². The maximum atomic E-state index is 11.3. The van der Waals surface area contributed by atoms with Gasteiger partial charge in [-0.25, -0.2) is 4.79 Å². The van der Waals surface area contributed by atoms with Gasteiger partial charge in [0.1, 0.15) is 12.2 Å². The minimum absolute atomic E-state index is 0.00262. The largest absolute Gasteiger partial charge is 0.458 e. The van der Waals surface area contributed by atoms with Crippen LogP contribution in [0, 0.1) is 0 Å². The molecule has 0 bridgehead atoms. The van der Waals surface area contributed by atoms with Gasteiger partial charge in [0.2, 0.25) is 0 Å². The molecule has 18 heavy (non-hydrogen) atoms. The molecule has 0 aromatic rings. The van der Waals surface area contributed by atoms with Crippen LogP contribution in [0.25, 0.3) is 0 Å². The molecule has 108 valence electrons. The van der Waals surface area contributed by atoms with Gasteiger partial charge in [0.25, 0.3) is 0 Å². The van der Waals surface area contributed by atoms with Crippen LogP contribution >= 0.6 is 0 Å². The summed E-state index contributed by atoms with van der Waals surface area (Å²) in [4.78, 5) is 11.3. The number of carbonyl (C=O) groups is 1. The first-order chi connectivity index (χ1) is 8.45. The van der Waals surface area contributed by atoms with Gasteiger partial charge < -0.3 is 19.3 Å². The Hall–Kier alpha value is -0.650. The van der Waals surface area contributed by atoms with Crippen LogP contribution in [0.1, 0.15) is 40.0 Å². The second kappa shape index (κ2) is 10.3. The summed E-state index contributed by atoms with van der Waals surface area (Å²) in [5.41, 5.74) is -0.457. The number of hydrogen-bond donors (Lipinski definition) is 1. The average molecular weight is 262 g/mol. The zero-order valence-electron chi connectivity index (χ0n) is 11.7. The van der Waals surface area contributed by atoms with E-state index in [-0.39, 0.29) is 19.2 Å². The van der Waals surface area contributed by atoms with E-state index in [1.54, 1.807) is 0 Å². The number of rotatable bonds is 10. The highest BCUT2D eigenvalue weighted by atomic mass is 16.6. The Balaban J connectivity index is 3.23. The minimum Gasteiger partial charge on any atom is -0.458 e. The summed E-state index contributed by atoms with van der Waals surface area (Å²) < 4.78 is 15.6. The Morgan fingerprint density at radius 2 is 1.56 bits per heavy atom. The molecule has 0 amide bonds. The second-order valence-corrected chi connectivity index (χ2v) is 5.04. The van der Waals surface area contributed by atoms with Gasteiger partial charge in [0.05, 0.1) is 0 Å². The summed E-state index contributed by atoms with van der Waals surface area (Å²) in [6, 6.07) is 0. The zero-order chi connectivity index (χ0) is 13.9. The molecule has 0 aromatic carbocycles. The predicted octanol–water partition coefficient (Wildman–Crippen LogP) is 1.52. The predicted molar refractivity (Wildman–Crippen MR) is 68.4 cm³/mol. The number of esters is 1. The van der Waals surface area contributed by atoms with Crippen LogP contribution in [0.3, 0.4) is 0 Å². The molecule has 0 radical (unpaired) electrons. The van der Waals surface area contributed by atoms with Crippen LogP contribution in [-0.4, -0.2) is 49.7 Å². The van der Waals surface area contributed by atoms with Gasteiger partial charge in [-0.2, -0.15) is 0 Å². The summed E-state index contributed by atoms with van der Waals surface area (Å²) in [6.07, 6.45) is 2.41. The van der Waals surface area contributed by atoms with Gasteiger partial charge in [-0.05, 0) is 40.0 Å². The molecule has 0 aliphatic rings. The van der Waals surface area contributed by atoms with Gasteiger partial charge in [0.15, 0.2) is 0 Å². The van der Waals surface area contributed by atoms with Gasteiger partial charge >= 0.3 is 5.97 Å². The van der Waals surface area contributed by atoms with Crippen LogP contribution in [0.15, 0.2) is 0 Å². The summed E-state index contributed by atoms with van der Waals surface area (Å²) in [5.74, 6) is -0.332. The van der Waals surface area contributed by atoms with Crippen molar-refractivity contribution in [1.82, 2.24) is 0 Å². The van der Waals surface area contributed by atoms with E-state index in [1.165, 1.54) is 0 Å². The number of ether oxygens (including phenoxy) is 3. The summed E-state index contributed by atoms with van der Waals surface area (Å²) in [7, 11) is 0. The molecule has 0 fully saturated rings. The van der Waals surface area contributed by atoms with Crippen molar-refractivity contribution in [2.24, 2.45) is 0 Å². The molecular formula is C13H26O5. The van der Waals surface area contributed by atoms with E-state index in [0.717, 1.165) is 12.8 Å². The summed E-state index contributed by atoms with van der Waals surface area (Å²) >= 11 is 0. The molecule has 0 saturated heterocycles. The van der Waals surface area contributed by atoms with Crippen molar-refractivity contribution >= 4 is 5.97 Å². The standard InChI is InChI=1S/C13H26O5/c1-13(2,3)18-12(15)11-17-9-5-4-8-16-10-6-7-14/h14H,4-11H2,1-3H3. The van der Waals surface area contributed by atoms with Crippen molar-refractivity contribution in [2.45, 2.75) is 45.6 Å². The van der Waals surface area contributed by atoms with E-state index in [2.05, 4.69) is 0 Å². The molecular weight excluding hydrogens is 236 g/mol. The van der Waals surface area contributed by atoms with E-state index in [1.807, 2.05) is 20.8 Å². The fraction of sp³-hybridized carbons (Fsp3) is 0.923. The maximum absolute atomic E-state index is 11.3. The third-order valence-corrected chi connectivity index (χ3v) is 1.91. The smallest absolute Gasteiger partial charge is 0.332 e. The van der Waals surface area contributed by atoms with Gasteiger partial charge in [0, 0.05) is 26.4 Å². The molecule has 5 nitrogen and oxygen atoms in total. The summed E-state index contributed by atoms with van der Waals surface area (Å²) in [6.45, 7) is 7.44. The lowest BCUT2D eigenvalue weighted by atomic mass is 10.2. The molecule has 0 aliphatic carbocycles. The molecule has 5 heteroatoms. The lowest BCUT2D eigenvalue weighted by molar-refractivity contribution is -0.160. The first kappa shape index (κ1) is 17.4. The van der Waals surface area contributed by atoms with E-state index >= 15 is 0 Å². The molecule has 0 saturated carbocycles. The fourth-order valence-corrected chi connectivity index (χ4v) is 1.20. The van der Waals surface area contributed by atoms with Gasteiger partial charge in [-0.1, -0.05) is 0 Å². The number of hydrogen-bond acceptors (Lipinski definition) is 5. The highest BCUT2D eigenvalue weighted by Gasteiger charge is 2.15. The third-order valence-electron chi connectivity index (χ3n) is 1.91. The fourth-order valence-electron chi connectivity index (χ4n) is 1.20. The number of unbranched alkanes of at least 4 members (excludes halogenated alkanes) is 1. The first-order valence-electron chi connectivity index (χ1n) is 6.44. The molecule has 0 atom stereocenters. The average Bonchev–Trinajstić information content (AvgIpc) is 2.24.